The molecule has 2 atom stereocenters. The van der Waals surface area contributed by atoms with Gasteiger partial charge in [-0.25, -0.2) is 0 Å². The Kier molecular flexibility index (Phi) is 4.95. The first-order valence-corrected chi connectivity index (χ1v) is 6.67. The fourth-order valence-electron chi connectivity index (χ4n) is 2.54. The van der Waals surface area contributed by atoms with Crippen molar-refractivity contribution in [3.05, 3.63) is 0 Å². The van der Waals surface area contributed by atoms with Crippen molar-refractivity contribution in [2.75, 3.05) is 13.6 Å². The molecule has 1 rings (SSSR count). The lowest BCUT2D eigenvalue weighted by Gasteiger charge is -2.41. The second kappa shape index (κ2) is 5.83. The summed E-state index contributed by atoms with van der Waals surface area (Å²) in [5.74, 6) is -0.256. The van der Waals surface area contributed by atoms with E-state index in [1.54, 1.807) is 0 Å². The van der Waals surface area contributed by atoms with E-state index in [4.69, 9.17) is 5.73 Å². The van der Waals surface area contributed by atoms with Crippen LogP contribution in [0.1, 0.15) is 46.5 Å². The third-order valence-electron chi connectivity index (χ3n) is 4.16. The topological polar surface area (TPSA) is 58.4 Å². The molecule has 1 aliphatic rings. The molecule has 100 valence electrons. The van der Waals surface area contributed by atoms with E-state index in [1.165, 1.54) is 19.3 Å². The fraction of sp³-hybridized carbons (Fsp3) is 0.923. The molecule has 4 heteroatoms. The highest BCUT2D eigenvalue weighted by molar-refractivity contribution is 5.84. The molecule has 0 heterocycles. The van der Waals surface area contributed by atoms with Crippen LogP contribution in [0, 0.1) is 0 Å². The lowest BCUT2D eigenvalue weighted by molar-refractivity contribution is -0.124. The molecular formula is C13H27N3O. The predicted octanol–water partition coefficient (Wildman–Crippen LogP) is 1.10. The minimum Gasteiger partial charge on any atom is -0.368 e. The number of amides is 1. The Labute approximate surface area is 105 Å². The maximum absolute atomic E-state index is 11.6. The Morgan fingerprint density at radius 2 is 2.18 bits per heavy atom. The number of rotatable bonds is 7. The van der Waals surface area contributed by atoms with Crippen molar-refractivity contribution in [1.29, 1.82) is 0 Å². The first kappa shape index (κ1) is 14.5. The van der Waals surface area contributed by atoms with Crippen molar-refractivity contribution >= 4 is 5.91 Å². The molecule has 1 fully saturated rings. The largest absolute Gasteiger partial charge is 0.368 e. The van der Waals surface area contributed by atoms with Crippen molar-refractivity contribution in [3.63, 3.8) is 0 Å². The first-order chi connectivity index (χ1) is 7.90. The molecule has 1 aliphatic carbocycles. The van der Waals surface area contributed by atoms with E-state index in [-0.39, 0.29) is 5.91 Å². The number of hydrogen-bond donors (Lipinski definition) is 2. The van der Waals surface area contributed by atoms with Gasteiger partial charge in [-0.1, -0.05) is 13.3 Å². The van der Waals surface area contributed by atoms with Gasteiger partial charge in [0.05, 0.1) is 5.54 Å². The third-order valence-corrected chi connectivity index (χ3v) is 4.16. The van der Waals surface area contributed by atoms with Gasteiger partial charge in [0.15, 0.2) is 0 Å². The highest BCUT2D eigenvalue weighted by Crippen LogP contribution is 2.27. The van der Waals surface area contributed by atoms with Crippen LogP contribution in [-0.4, -0.2) is 42.0 Å². The second-order valence-electron chi connectivity index (χ2n) is 5.53. The van der Waals surface area contributed by atoms with Crippen molar-refractivity contribution in [1.82, 2.24) is 10.2 Å². The quantitative estimate of drug-likeness (QED) is 0.702. The average molecular weight is 241 g/mol. The van der Waals surface area contributed by atoms with Crippen LogP contribution in [-0.2, 0) is 4.79 Å². The highest BCUT2D eigenvalue weighted by atomic mass is 16.1. The Hall–Kier alpha value is -0.610. The minimum absolute atomic E-state index is 0.256. The van der Waals surface area contributed by atoms with E-state index >= 15 is 0 Å². The van der Waals surface area contributed by atoms with E-state index in [1.807, 2.05) is 13.8 Å². The standard InChI is InChI=1S/C13H27N3O/c1-5-15-13(3,12(14)17)9-10(2)16(4)11-7-6-8-11/h10-11,15H,5-9H2,1-4H3,(H2,14,17). The Morgan fingerprint density at radius 3 is 2.53 bits per heavy atom. The molecule has 0 bridgehead atoms. The third kappa shape index (κ3) is 3.42. The molecular weight excluding hydrogens is 214 g/mol. The van der Waals surface area contributed by atoms with E-state index in [0.29, 0.717) is 12.1 Å². The summed E-state index contributed by atoms with van der Waals surface area (Å²) in [6.07, 6.45) is 4.68. The van der Waals surface area contributed by atoms with Crippen molar-refractivity contribution in [2.45, 2.75) is 64.1 Å². The number of nitrogens with one attached hydrogen (secondary N) is 1. The van der Waals surface area contributed by atoms with Crippen LogP contribution >= 0.6 is 0 Å². The number of carbonyl (C=O) groups is 1. The smallest absolute Gasteiger partial charge is 0.237 e. The number of carbonyl (C=O) groups excluding carboxylic acids is 1. The molecule has 1 amide bonds. The summed E-state index contributed by atoms with van der Waals surface area (Å²) in [5, 5.41) is 3.22. The highest BCUT2D eigenvalue weighted by Gasteiger charge is 2.35. The molecule has 0 aromatic rings. The zero-order valence-electron chi connectivity index (χ0n) is 11.6. The average Bonchev–Trinajstić information content (AvgIpc) is 2.14. The summed E-state index contributed by atoms with van der Waals surface area (Å²) in [4.78, 5) is 14.0. The fourth-order valence-corrected chi connectivity index (χ4v) is 2.54. The Balaban J connectivity index is 2.56. The normalized spacial score (nSPS) is 21.9. The Bertz CT molecular complexity index is 265. The summed E-state index contributed by atoms with van der Waals surface area (Å²) in [7, 11) is 2.15. The van der Waals surface area contributed by atoms with Crippen LogP contribution in [0.25, 0.3) is 0 Å². The summed E-state index contributed by atoms with van der Waals surface area (Å²) < 4.78 is 0. The molecule has 17 heavy (non-hydrogen) atoms. The number of nitrogens with zero attached hydrogens (tertiary/aromatic N) is 1. The van der Waals surface area contributed by atoms with Gasteiger partial charge >= 0.3 is 0 Å². The second-order valence-corrected chi connectivity index (χ2v) is 5.53. The van der Waals surface area contributed by atoms with Gasteiger partial charge in [-0.2, -0.15) is 0 Å². The molecule has 0 aromatic carbocycles. The monoisotopic (exact) mass is 241 g/mol. The van der Waals surface area contributed by atoms with Gasteiger partial charge in [-0.3, -0.25) is 4.79 Å². The van der Waals surface area contributed by atoms with E-state index in [0.717, 1.165) is 13.0 Å². The van der Waals surface area contributed by atoms with Gasteiger partial charge in [0.25, 0.3) is 0 Å². The lowest BCUT2D eigenvalue weighted by Crippen LogP contribution is -2.57. The number of likely N-dealkylation sites (N-methyl/N-ethyl adjacent to an activating group) is 1. The summed E-state index contributed by atoms with van der Waals surface area (Å²) >= 11 is 0. The van der Waals surface area contributed by atoms with E-state index in [9.17, 15) is 4.79 Å². The maximum Gasteiger partial charge on any atom is 0.237 e. The molecule has 0 saturated heterocycles. The molecule has 3 N–H and O–H groups in total. The molecule has 0 aromatic heterocycles. The lowest BCUT2D eigenvalue weighted by atomic mass is 9.87. The maximum atomic E-state index is 11.6. The zero-order chi connectivity index (χ0) is 13.1. The van der Waals surface area contributed by atoms with Crippen LogP contribution in [0.3, 0.4) is 0 Å². The van der Waals surface area contributed by atoms with E-state index < -0.39 is 5.54 Å². The van der Waals surface area contributed by atoms with Crippen molar-refractivity contribution in [3.8, 4) is 0 Å². The number of hydrogen-bond acceptors (Lipinski definition) is 3. The van der Waals surface area contributed by atoms with Gasteiger partial charge in [-0.15, -0.1) is 0 Å². The summed E-state index contributed by atoms with van der Waals surface area (Å²) in [5.41, 5.74) is 4.92. The molecule has 2 unspecified atom stereocenters. The molecule has 1 saturated carbocycles. The van der Waals surface area contributed by atoms with Crippen LogP contribution in [0.4, 0.5) is 0 Å². The van der Waals surface area contributed by atoms with Crippen molar-refractivity contribution < 1.29 is 4.79 Å². The molecule has 4 nitrogen and oxygen atoms in total. The van der Waals surface area contributed by atoms with Crippen molar-refractivity contribution in [2.24, 2.45) is 5.73 Å². The summed E-state index contributed by atoms with van der Waals surface area (Å²) in [6.45, 7) is 6.85. The zero-order valence-corrected chi connectivity index (χ0v) is 11.6. The van der Waals surface area contributed by atoms with Gasteiger partial charge < -0.3 is 16.0 Å². The van der Waals surface area contributed by atoms with Crippen LogP contribution in [0.2, 0.25) is 0 Å². The van der Waals surface area contributed by atoms with Gasteiger partial charge in [0, 0.05) is 12.1 Å². The predicted molar refractivity (Wildman–Crippen MR) is 70.8 cm³/mol. The van der Waals surface area contributed by atoms with E-state index in [2.05, 4.69) is 24.2 Å². The van der Waals surface area contributed by atoms with Crippen LogP contribution < -0.4 is 11.1 Å². The number of primary amides is 1. The molecule has 0 radical (unpaired) electrons. The van der Waals surface area contributed by atoms with Gasteiger partial charge in [0.2, 0.25) is 5.91 Å². The van der Waals surface area contributed by atoms with Crippen LogP contribution in [0.5, 0.6) is 0 Å². The molecule has 0 spiro atoms. The Morgan fingerprint density at radius 1 is 1.59 bits per heavy atom. The molecule has 0 aliphatic heterocycles. The minimum atomic E-state index is -0.591. The van der Waals surface area contributed by atoms with Crippen LogP contribution in [0.15, 0.2) is 0 Å². The SMILES string of the molecule is CCNC(C)(CC(C)N(C)C1CCC1)C(N)=O. The van der Waals surface area contributed by atoms with Gasteiger partial charge in [0.1, 0.15) is 0 Å². The number of nitrogens with two attached hydrogens (primary N) is 1. The van der Waals surface area contributed by atoms with Gasteiger partial charge in [-0.05, 0) is 46.7 Å². The first-order valence-electron chi connectivity index (χ1n) is 6.67. The summed E-state index contributed by atoms with van der Waals surface area (Å²) in [6, 6.07) is 1.07.